The molecular formula is C13H18N4OS. The summed E-state index contributed by atoms with van der Waals surface area (Å²) in [6.45, 7) is 4.42. The molecule has 0 saturated heterocycles. The van der Waals surface area contributed by atoms with Crippen LogP contribution in [-0.4, -0.2) is 28.3 Å². The highest BCUT2D eigenvalue weighted by atomic mass is 32.1. The molecule has 0 saturated carbocycles. The van der Waals surface area contributed by atoms with Crippen molar-refractivity contribution in [2.75, 3.05) is 13.2 Å². The van der Waals surface area contributed by atoms with Gasteiger partial charge in [-0.05, 0) is 37.1 Å². The molecule has 0 atom stereocenters. The highest BCUT2D eigenvalue weighted by Crippen LogP contribution is 2.17. The predicted molar refractivity (Wildman–Crippen MR) is 75.3 cm³/mol. The highest BCUT2D eigenvalue weighted by Gasteiger charge is 2.04. The van der Waals surface area contributed by atoms with Crippen LogP contribution in [-0.2, 0) is 13.0 Å². The van der Waals surface area contributed by atoms with Crippen molar-refractivity contribution in [3.8, 4) is 5.19 Å². The topological polar surface area (TPSA) is 59.9 Å². The first kappa shape index (κ1) is 13.9. The lowest BCUT2D eigenvalue weighted by molar-refractivity contribution is 0.307. The minimum atomic E-state index is 0.655. The Bertz CT molecular complexity index is 475. The molecule has 0 aliphatic carbocycles. The largest absolute Gasteiger partial charge is 0.469 e. The SMILES string of the molecule is CCNCc1nnc(OCCCc2ccncc2)s1. The van der Waals surface area contributed by atoms with E-state index < -0.39 is 0 Å². The van der Waals surface area contributed by atoms with Crippen LogP contribution in [0, 0.1) is 0 Å². The lowest BCUT2D eigenvalue weighted by Crippen LogP contribution is -2.11. The summed E-state index contributed by atoms with van der Waals surface area (Å²) in [5.41, 5.74) is 1.28. The molecule has 6 heteroatoms. The Morgan fingerprint density at radius 3 is 2.89 bits per heavy atom. The van der Waals surface area contributed by atoms with Crippen molar-refractivity contribution in [2.45, 2.75) is 26.3 Å². The van der Waals surface area contributed by atoms with E-state index in [1.165, 1.54) is 16.9 Å². The van der Waals surface area contributed by atoms with Gasteiger partial charge in [0.1, 0.15) is 5.01 Å². The monoisotopic (exact) mass is 278 g/mol. The Labute approximate surface area is 117 Å². The van der Waals surface area contributed by atoms with Crippen LogP contribution in [0.2, 0.25) is 0 Å². The molecule has 0 aromatic carbocycles. The maximum Gasteiger partial charge on any atom is 0.294 e. The quantitative estimate of drug-likeness (QED) is 0.749. The normalized spacial score (nSPS) is 10.6. The molecule has 0 radical (unpaired) electrons. The molecule has 0 aliphatic heterocycles. The number of aromatic nitrogens is 3. The molecule has 2 aromatic rings. The fourth-order valence-electron chi connectivity index (χ4n) is 1.59. The molecule has 0 spiro atoms. The van der Waals surface area contributed by atoms with Gasteiger partial charge >= 0.3 is 0 Å². The van der Waals surface area contributed by atoms with Crippen LogP contribution < -0.4 is 10.1 Å². The molecule has 2 aromatic heterocycles. The summed E-state index contributed by atoms with van der Waals surface area (Å²) >= 11 is 1.50. The summed E-state index contributed by atoms with van der Waals surface area (Å²) in [6.07, 6.45) is 5.58. The fourth-order valence-corrected chi connectivity index (χ4v) is 2.27. The van der Waals surface area contributed by atoms with E-state index in [1.807, 2.05) is 24.5 Å². The van der Waals surface area contributed by atoms with Crippen molar-refractivity contribution in [1.29, 1.82) is 0 Å². The minimum Gasteiger partial charge on any atom is -0.469 e. The van der Waals surface area contributed by atoms with Crippen LogP contribution in [0.4, 0.5) is 0 Å². The molecule has 2 heterocycles. The third-order valence-corrected chi connectivity index (χ3v) is 3.39. The van der Waals surface area contributed by atoms with Gasteiger partial charge in [0.25, 0.3) is 5.19 Å². The summed E-state index contributed by atoms with van der Waals surface area (Å²) in [7, 11) is 0. The maximum atomic E-state index is 5.59. The Balaban J connectivity index is 1.66. The van der Waals surface area contributed by atoms with Gasteiger partial charge < -0.3 is 10.1 Å². The van der Waals surface area contributed by atoms with Crippen molar-refractivity contribution >= 4 is 11.3 Å². The first-order valence-electron chi connectivity index (χ1n) is 6.43. The van der Waals surface area contributed by atoms with Crippen molar-refractivity contribution in [2.24, 2.45) is 0 Å². The van der Waals surface area contributed by atoms with Crippen LogP contribution in [0.1, 0.15) is 23.9 Å². The Kier molecular flexibility index (Phi) is 5.71. The van der Waals surface area contributed by atoms with E-state index in [4.69, 9.17) is 4.74 Å². The molecule has 5 nitrogen and oxygen atoms in total. The second kappa shape index (κ2) is 7.81. The molecule has 1 N–H and O–H groups in total. The lowest BCUT2D eigenvalue weighted by atomic mass is 10.1. The van der Waals surface area contributed by atoms with Crippen molar-refractivity contribution in [3.63, 3.8) is 0 Å². The summed E-state index contributed by atoms with van der Waals surface area (Å²) in [5.74, 6) is 0. The molecule has 102 valence electrons. The summed E-state index contributed by atoms with van der Waals surface area (Å²) in [4.78, 5) is 3.99. The average molecular weight is 278 g/mol. The number of rotatable bonds is 8. The number of ether oxygens (including phenoxy) is 1. The summed E-state index contributed by atoms with van der Waals surface area (Å²) < 4.78 is 5.59. The molecule has 0 aliphatic rings. The van der Waals surface area contributed by atoms with Crippen molar-refractivity contribution in [3.05, 3.63) is 35.1 Å². The zero-order chi connectivity index (χ0) is 13.3. The van der Waals surface area contributed by atoms with E-state index in [9.17, 15) is 0 Å². The third-order valence-electron chi connectivity index (χ3n) is 2.56. The molecule has 19 heavy (non-hydrogen) atoms. The van der Waals surface area contributed by atoms with Crippen molar-refractivity contribution < 1.29 is 4.74 Å². The van der Waals surface area contributed by atoms with Gasteiger partial charge in [0.2, 0.25) is 0 Å². The van der Waals surface area contributed by atoms with Crippen LogP contribution in [0.15, 0.2) is 24.5 Å². The van der Waals surface area contributed by atoms with Gasteiger partial charge in [-0.3, -0.25) is 4.98 Å². The second-order valence-electron chi connectivity index (χ2n) is 4.05. The summed E-state index contributed by atoms with van der Waals surface area (Å²) in [6, 6.07) is 4.05. The smallest absolute Gasteiger partial charge is 0.294 e. The van der Waals surface area contributed by atoms with E-state index in [2.05, 4.69) is 27.4 Å². The number of aryl methyl sites for hydroxylation is 1. The van der Waals surface area contributed by atoms with Gasteiger partial charge in [-0.15, -0.1) is 10.2 Å². The number of nitrogens with zero attached hydrogens (tertiary/aromatic N) is 3. The maximum absolute atomic E-state index is 5.59. The molecular weight excluding hydrogens is 260 g/mol. The first-order valence-corrected chi connectivity index (χ1v) is 7.25. The van der Waals surface area contributed by atoms with Gasteiger partial charge in [-0.25, -0.2) is 0 Å². The van der Waals surface area contributed by atoms with Gasteiger partial charge in [0.15, 0.2) is 0 Å². The zero-order valence-electron chi connectivity index (χ0n) is 11.0. The first-order chi connectivity index (χ1) is 9.38. The van der Waals surface area contributed by atoms with E-state index >= 15 is 0 Å². The predicted octanol–water partition coefficient (Wildman–Crippen LogP) is 2.05. The van der Waals surface area contributed by atoms with Gasteiger partial charge in [-0.1, -0.05) is 18.3 Å². The number of hydrogen-bond acceptors (Lipinski definition) is 6. The van der Waals surface area contributed by atoms with E-state index in [0.29, 0.717) is 11.8 Å². The Morgan fingerprint density at radius 1 is 1.26 bits per heavy atom. The van der Waals surface area contributed by atoms with Gasteiger partial charge in [0, 0.05) is 18.9 Å². The minimum absolute atomic E-state index is 0.655. The van der Waals surface area contributed by atoms with Gasteiger partial charge in [0.05, 0.1) is 6.61 Å². The second-order valence-corrected chi connectivity index (χ2v) is 5.07. The lowest BCUT2D eigenvalue weighted by Gasteiger charge is -2.01. The molecule has 0 bridgehead atoms. The van der Waals surface area contributed by atoms with Crippen molar-refractivity contribution in [1.82, 2.24) is 20.5 Å². The fraction of sp³-hybridized carbons (Fsp3) is 0.462. The van der Waals surface area contributed by atoms with Crippen LogP contribution in [0.3, 0.4) is 0 Å². The highest BCUT2D eigenvalue weighted by molar-refractivity contribution is 7.13. The van der Waals surface area contributed by atoms with Crippen LogP contribution >= 0.6 is 11.3 Å². The number of pyridine rings is 1. The molecule has 0 unspecified atom stereocenters. The average Bonchev–Trinajstić information content (AvgIpc) is 2.90. The molecule has 0 amide bonds. The molecule has 2 rings (SSSR count). The number of hydrogen-bond donors (Lipinski definition) is 1. The standard InChI is InChI=1S/C13H18N4OS/c1-2-14-10-12-16-17-13(19-12)18-9-3-4-11-5-7-15-8-6-11/h5-8,14H,2-4,9-10H2,1H3. The van der Waals surface area contributed by atoms with Crippen LogP contribution in [0.25, 0.3) is 0 Å². The Morgan fingerprint density at radius 2 is 2.11 bits per heavy atom. The summed E-state index contributed by atoms with van der Waals surface area (Å²) in [5, 5.41) is 12.9. The molecule has 0 fully saturated rings. The third kappa shape index (κ3) is 4.92. The van der Waals surface area contributed by atoms with Gasteiger partial charge in [-0.2, -0.15) is 0 Å². The Hall–Kier alpha value is -1.53. The van der Waals surface area contributed by atoms with Crippen LogP contribution in [0.5, 0.6) is 5.19 Å². The van der Waals surface area contributed by atoms with E-state index in [1.54, 1.807) is 0 Å². The van der Waals surface area contributed by atoms with E-state index in [0.717, 1.165) is 30.9 Å². The number of nitrogens with one attached hydrogen (secondary N) is 1. The van der Waals surface area contributed by atoms with E-state index in [-0.39, 0.29) is 0 Å². The zero-order valence-corrected chi connectivity index (χ0v) is 11.8.